The van der Waals surface area contributed by atoms with Gasteiger partial charge >= 0.3 is 0 Å². The van der Waals surface area contributed by atoms with Crippen LogP contribution in [0.2, 0.25) is 0 Å². The molecule has 1 N–H and O–H groups in total. The Bertz CT molecular complexity index is 884. The van der Waals surface area contributed by atoms with E-state index in [4.69, 9.17) is 0 Å². The lowest BCUT2D eigenvalue weighted by molar-refractivity contribution is -0.119. The van der Waals surface area contributed by atoms with Gasteiger partial charge in [-0.3, -0.25) is 19.4 Å². The molecule has 3 heterocycles. The van der Waals surface area contributed by atoms with Crippen LogP contribution >= 0.6 is 0 Å². The van der Waals surface area contributed by atoms with Crippen molar-refractivity contribution in [3.05, 3.63) is 48.2 Å². The molecule has 0 aliphatic carbocycles. The van der Waals surface area contributed by atoms with Crippen molar-refractivity contribution in [2.75, 3.05) is 55.7 Å². The number of fused-ring (bicyclic) bond motifs is 2. The number of hydrogen-bond acceptors (Lipinski definition) is 5. The van der Waals surface area contributed by atoms with E-state index in [1.807, 2.05) is 0 Å². The number of pyridine rings is 1. The van der Waals surface area contributed by atoms with Gasteiger partial charge in [0, 0.05) is 32.4 Å². The predicted octanol–water partition coefficient (Wildman–Crippen LogP) is 1.58. The van der Waals surface area contributed by atoms with Gasteiger partial charge in [0.1, 0.15) is 6.67 Å². The molecule has 0 unspecified atom stereocenters. The molecule has 28 heavy (non-hydrogen) atoms. The largest absolute Gasteiger partial charge is 0.314 e. The van der Waals surface area contributed by atoms with Crippen LogP contribution in [-0.4, -0.2) is 67.6 Å². The first-order valence-electron chi connectivity index (χ1n) is 9.38. The minimum atomic E-state index is -0.684. The topological polar surface area (TPSA) is 68.8 Å². The molecule has 0 saturated carbocycles. The summed E-state index contributed by atoms with van der Waals surface area (Å²) in [4.78, 5) is 35.8. The van der Waals surface area contributed by atoms with Gasteiger partial charge in [-0.15, -0.1) is 0 Å². The number of carbonyl (C=O) groups is 2. The number of halogens is 1. The lowest BCUT2D eigenvalue weighted by atomic mass is 10.1. The molecule has 2 aliphatic heterocycles. The van der Waals surface area contributed by atoms with Crippen LogP contribution in [0.1, 0.15) is 10.4 Å². The Labute approximate surface area is 162 Å². The Morgan fingerprint density at radius 3 is 2.64 bits per heavy atom. The van der Waals surface area contributed by atoms with Crippen LogP contribution in [-0.2, 0) is 4.79 Å². The van der Waals surface area contributed by atoms with Gasteiger partial charge in [-0.2, -0.15) is 0 Å². The zero-order valence-corrected chi connectivity index (χ0v) is 15.5. The molecule has 0 spiro atoms. The number of aromatic nitrogens is 1. The third kappa shape index (κ3) is 3.36. The van der Waals surface area contributed by atoms with E-state index in [0.717, 1.165) is 26.2 Å². The van der Waals surface area contributed by atoms with Gasteiger partial charge in [-0.25, -0.2) is 9.37 Å². The van der Waals surface area contributed by atoms with E-state index in [2.05, 4.69) is 15.2 Å². The van der Waals surface area contributed by atoms with Crippen molar-refractivity contribution in [3.8, 4) is 0 Å². The molecular weight excluding hydrogens is 360 g/mol. The molecule has 4 rings (SSSR count). The fourth-order valence-corrected chi connectivity index (χ4v) is 3.68. The Morgan fingerprint density at radius 2 is 1.86 bits per heavy atom. The molecule has 2 amide bonds. The smallest absolute Gasteiger partial charge is 0.260 e. The van der Waals surface area contributed by atoms with Crippen molar-refractivity contribution >= 4 is 29.0 Å². The average molecular weight is 382 g/mol. The number of benzene rings is 1. The molecule has 1 saturated heterocycles. The molecule has 1 aromatic heterocycles. The Hall–Kier alpha value is -2.84. The third-order valence-electron chi connectivity index (χ3n) is 5.02. The first-order chi connectivity index (χ1) is 13.7. The predicted molar refractivity (Wildman–Crippen MR) is 105 cm³/mol. The van der Waals surface area contributed by atoms with Crippen LogP contribution in [0.25, 0.3) is 0 Å². The summed E-state index contributed by atoms with van der Waals surface area (Å²) in [7, 11) is 0. The molecule has 1 aromatic carbocycles. The van der Waals surface area contributed by atoms with Crippen LogP contribution in [0.4, 0.5) is 21.6 Å². The molecule has 2 aliphatic rings. The van der Waals surface area contributed by atoms with Crippen LogP contribution in [0.15, 0.2) is 42.6 Å². The van der Waals surface area contributed by atoms with E-state index in [1.165, 1.54) is 9.80 Å². The summed E-state index contributed by atoms with van der Waals surface area (Å²) >= 11 is 0. The first-order valence-corrected chi connectivity index (χ1v) is 9.38. The second kappa shape index (κ2) is 8.04. The molecule has 2 aromatic rings. The van der Waals surface area contributed by atoms with Crippen molar-refractivity contribution in [2.45, 2.75) is 0 Å². The summed E-state index contributed by atoms with van der Waals surface area (Å²) in [5.74, 6) is -0.140. The summed E-state index contributed by atoms with van der Waals surface area (Å²) in [6.07, 6.45) is 1.58. The van der Waals surface area contributed by atoms with Gasteiger partial charge in [-0.05, 0) is 24.3 Å². The minimum Gasteiger partial charge on any atom is -0.314 e. The lowest BCUT2D eigenvalue weighted by Gasteiger charge is -2.30. The highest BCUT2D eigenvalue weighted by atomic mass is 18.2. The molecular formula is C20H22FN5O2. The number of amides is 2. The lowest BCUT2D eigenvalue weighted by Crippen LogP contribution is -2.47. The number of alkyl halides is 1. The fraction of sp³-hybridized carbons (Fsp3) is 0.350. The van der Waals surface area contributed by atoms with Gasteiger partial charge in [-0.1, -0.05) is 12.1 Å². The summed E-state index contributed by atoms with van der Waals surface area (Å²) in [5.41, 5.74) is 1.28. The van der Waals surface area contributed by atoms with Crippen molar-refractivity contribution in [3.63, 3.8) is 0 Å². The highest BCUT2D eigenvalue weighted by molar-refractivity contribution is 6.18. The first kappa shape index (κ1) is 18.5. The molecule has 7 nitrogen and oxygen atoms in total. The van der Waals surface area contributed by atoms with Crippen molar-refractivity contribution in [1.82, 2.24) is 15.2 Å². The SMILES string of the molecule is O=C1c2ccccc2N(C(=O)CN2CCNCC2)c2ncccc2N1CC[18F]. The molecule has 8 heteroatoms. The monoisotopic (exact) mass is 382 g/mol. The Kier molecular flexibility index (Phi) is 5.31. The Morgan fingerprint density at radius 1 is 1.11 bits per heavy atom. The maximum atomic E-state index is 13.3. The minimum absolute atomic E-state index is 0.0916. The summed E-state index contributed by atoms with van der Waals surface area (Å²) < 4.78 is 13.2. The van der Waals surface area contributed by atoms with E-state index in [0.29, 0.717) is 22.8 Å². The molecule has 0 radical (unpaired) electrons. The molecule has 0 atom stereocenters. The van der Waals surface area contributed by atoms with Crippen LogP contribution in [0.5, 0.6) is 0 Å². The number of para-hydroxylation sites is 1. The normalized spacial score (nSPS) is 17.1. The third-order valence-corrected chi connectivity index (χ3v) is 5.02. The number of anilines is 3. The number of nitrogens with zero attached hydrogens (tertiary/aromatic N) is 4. The second-order valence-corrected chi connectivity index (χ2v) is 6.76. The highest BCUT2D eigenvalue weighted by Gasteiger charge is 2.34. The summed E-state index contributed by atoms with van der Waals surface area (Å²) in [6.45, 7) is 2.68. The van der Waals surface area contributed by atoms with Crippen molar-refractivity contribution in [1.29, 1.82) is 0 Å². The molecule has 146 valence electrons. The maximum absolute atomic E-state index is 13.3. The number of rotatable bonds is 4. The average Bonchev–Trinajstić information content (AvgIpc) is 2.83. The van der Waals surface area contributed by atoms with E-state index in [1.54, 1.807) is 42.6 Å². The quantitative estimate of drug-likeness (QED) is 0.870. The van der Waals surface area contributed by atoms with Gasteiger partial charge in [0.2, 0.25) is 5.91 Å². The zero-order valence-electron chi connectivity index (χ0n) is 15.5. The molecule has 1 fully saturated rings. The van der Waals surface area contributed by atoms with E-state index in [-0.39, 0.29) is 24.9 Å². The highest BCUT2D eigenvalue weighted by Crippen LogP contribution is 2.39. The number of carbonyl (C=O) groups excluding carboxylic acids is 2. The molecule has 0 bridgehead atoms. The number of piperazine rings is 1. The Balaban J connectivity index is 1.80. The zero-order chi connectivity index (χ0) is 19.5. The van der Waals surface area contributed by atoms with Gasteiger partial charge < -0.3 is 10.2 Å². The summed E-state index contributed by atoms with van der Waals surface area (Å²) in [6, 6.07) is 10.3. The second-order valence-electron chi connectivity index (χ2n) is 6.76. The van der Waals surface area contributed by atoms with Crippen LogP contribution < -0.4 is 15.1 Å². The van der Waals surface area contributed by atoms with E-state index >= 15 is 0 Å². The van der Waals surface area contributed by atoms with E-state index in [9.17, 15) is 14.0 Å². The van der Waals surface area contributed by atoms with Gasteiger partial charge in [0.15, 0.2) is 5.82 Å². The fourth-order valence-electron chi connectivity index (χ4n) is 3.68. The van der Waals surface area contributed by atoms with Crippen LogP contribution in [0.3, 0.4) is 0 Å². The van der Waals surface area contributed by atoms with Crippen molar-refractivity contribution in [2.24, 2.45) is 0 Å². The standard InChI is InChI=1S/C20H22FN5O2/c21-7-11-25-17-6-3-8-23-19(17)26(16-5-2-1-4-15(16)20(25)28)18(27)14-24-12-9-22-10-13-24/h1-6,8,22H,7,9-14H2/i21-1. The van der Waals surface area contributed by atoms with Crippen molar-refractivity contribution < 1.29 is 14.0 Å². The number of nitrogens with one attached hydrogen (secondary N) is 1. The van der Waals surface area contributed by atoms with Gasteiger partial charge in [0.25, 0.3) is 5.91 Å². The number of hydrogen-bond donors (Lipinski definition) is 1. The van der Waals surface area contributed by atoms with Gasteiger partial charge in [0.05, 0.1) is 30.0 Å². The maximum Gasteiger partial charge on any atom is 0.260 e. The summed E-state index contributed by atoms with van der Waals surface area (Å²) in [5, 5.41) is 3.27. The van der Waals surface area contributed by atoms with E-state index < -0.39 is 6.67 Å². The van der Waals surface area contributed by atoms with Crippen LogP contribution in [0, 0.1) is 0 Å².